The van der Waals surface area contributed by atoms with Crippen molar-refractivity contribution in [1.82, 2.24) is 4.98 Å². The summed E-state index contributed by atoms with van der Waals surface area (Å²) in [5.74, 6) is 1.48. The van der Waals surface area contributed by atoms with E-state index in [9.17, 15) is 0 Å². The first kappa shape index (κ1) is 14.3. The first-order valence-electron chi connectivity index (χ1n) is 6.20. The molecule has 0 saturated carbocycles. The van der Waals surface area contributed by atoms with Crippen molar-refractivity contribution in [2.75, 3.05) is 12.4 Å². The molecule has 0 aliphatic heterocycles. The van der Waals surface area contributed by atoms with Gasteiger partial charge in [0.15, 0.2) is 0 Å². The molecule has 1 aromatic carbocycles. The van der Waals surface area contributed by atoms with Gasteiger partial charge in [-0.1, -0.05) is 12.2 Å². The number of pyridine rings is 1. The number of thiocarbonyl (C=S) groups is 1. The average molecular weight is 287 g/mol. The second-order valence-electron chi connectivity index (χ2n) is 4.52. The molecule has 0 saturated heterocycles. The summed E-state index contributed by atoms with van der Waals surface area (Å²) >= 11 is 5.11. The highest BCUT2D eigenvalue weighted by Crippen LogP contribution is 2.24. The molecular formula is C15H17N3OS. The summed E-state index contributed by atoms with van der Waals surface area (Å²) in [6.45, 7) is 3.91. The van der Waals surface area contributed by atoms with Gasteiger partial charge in [-0.25, -0.2) is 4.98 Å². The Morgan fingerprint density at radius 1 is 1.25 bits per heavy atom. The highest BCUT2D eigenvalue weighted by atomic mass is 32.1. The summed E-state index contributed by atoms with van der Waals surface area (Å²) in [7, 11) is 1.64. The third kappa shape index (κ3) is 3.05. The van der Waals surface area contributed by atoms with Crippen LogP contribution >= 0.6 is 12.2 Å². The lowest BCUT2D eigenvalue weighted by Crippen LogP contribution is -2.15. The number of nitrogens with one attached hydrogen (secondary N) is 1. The van der Waals surface area contributed by atoms with E-state index in [0.29, 0.717) is 10.8 Å². The minimum Gasteiger partial charge on any atom is -0.497 e. The average Bonchev–Trinajstić information content (AvgIpc) is 2.38. The minimum absolute atomic E-state index is 0.339. The Morgan fingerprint density at radius 2 is 1.90 bits per heavy atom. The molecule has 5 heteroatoms. The van der Waals surface area contributed by atoms with Gasteiger partial charge < -0.3 is 15.8 Å². The second kappa shape index (κ2) is 5.88. The van der Waals surface area contributed by atoms with E-state index in [-0.39, 0.29) is 0 Å². The Kier molecular flexibility index (Phi) is 4.20. The molecule has 20 heavy (non-hydrogen) atoms. The van der Waals surface area contributed by atoms with Crippen LogP contribution < -0.4 is 15.8 Å². The molecule has 0 spiro atoms. The number of hydrogen-bond donors (Lipinski definition) is 2. The number of rotatable bonds is 4. The number of nitrogens with zero attached hydrogens (tertiary/aromatic N) is 1. The maximum Gasteiger partial charge on any atom is 0.141 e. The summed E-state index contributed by atoms with van der Waals surface area (Å²) in [5.41, 5.74) is 9.41. The van der Waals surface area contributed by atoms with Gasteiger partial charge in [-0.3, -0.25) is 0 Å². The molecule has 0 atom stereocenters. The van der Waals surface area contributed by atoms with Crippen LogP contribution in [0.15, 0.2) is 30.3 Å². The molecule has 2 aromatic rings. The highest BCUT2D eigenvalue weighted by molar-refractivity contribution is 7.80. The van der Waals surface area contributed by atoms with Crippen LogP contribution in [0.4, 0.5) is 11.5 Å². The number of methoxy groups -OCH3 is 1. The molecule has 2 rings (SSSR count). The van der Waals surface area contributed by atoms with E-state index < -0.39 is 0 Å². The van der Waals surface area contributed by atoms with Crippen molar-refractivity contribution in [3.05, 3.63) is 47.2 Å². The fraction of sp³-hybridized carbons (Fsp3) is 0.200. The Hall–Kier alpha value is -2.14. The van der Waals surface area contributed by atoms with Crippen LogP contribution in [-0.2, 0) is 0 Å². The Labute approximate surface area is 124 Å². The van der Waals surface area contributed by atoms with Gasteiger partial charge in [0.2, 0.25) is 0 Å². The minimum atomic E-state index is 0.339. The zero-order valence-electron chi connectivity index (χ0n) is 11.7. The summed E-state index contributed by atoms with van der Waals surface area (Å²) in [6, 6.07) is 9.56. The quantitative estimate of drug-likeness (QED) is 0.846. The molecule has 0 fully saturated rings. The van der Waals surface area contributed by atoms with Crippen molar-refractivity contribution in [2.45, 2.75) is 13.8 Å². The highest BCUT2D eigenvalue weighted by Gasteiger charge is 2.11. The van der Waals surface area contributed by atoms with Crippen molar-refractivity contribution >= 4 is 28.7 Å². The first-order valence-corrected chi connectivity index (χ1v) is 6.61. The van der Waals surface area contributed by atoms with Gasteiger partial charge in [-0.05, 0) is 49.7 Å². The van der Waals surface area contributed by atoms with E-state index in [1.807, 2.05) is 44.2 Å². The lowest BCUT2D eigenvalue weighted by Gasteiger charge is -2.14. The molecule has 0 aliphatic rings. The number of aryl methyl sites for hydroxylation is 2. The Balaban J connectivity index is 2.39. The molecule has 0 aliphatic carbocycles. The predicted molar refractivity (Wildman–Crippen MR) is 85.9 cm³/mol. The van der Waals surface area contributed by atoms with Crippen molar-refractivity contribution in [1.29, 1.82) is 0 Å². The van der Waals surface area contributed by atoms with E-state index >= 15 is 0 Å². The molecule has 3 N–H and O–H groups in total. The van der Waals surface area contributed by atoms with E-state index in [1.165, 1.54) is 0 Å². The number of nitrogens with two attached hydrogens (primary N) is 1. The topological polar surface area (TPSA) is 60.2 Å². The largest absolute Gasteiger partial charge is 0.497 e. The van der Waals surface area contributed by atoms with Crippen LogP contribution in [0.2, 0.25) is 0 Å². The summed E-state index contributed by atoms with van der Waals surface area (Å²) in [6.07, 6.45) is 0. The summed E-state index contributed by atoms with van der Waals surface area (Å²) in [4.78, 5) is 4.82. The molecule has 104 valence electrons. The number of ether oxygens (including phenoxy) is 1. The molecule has 0 bridgehead atoms. The number of benzene rings is 1. The normalized spacial score (nSPS) is 10.2. The molecule has 0 unspecified atom stereocenters. The fourth-order valence-electron chi connectivity index (χ4n) is 2.05. The van der Waals surface area contributed by atoms with E-state index in [2.05, 4.69) is 10.3 Å². The van der Waals surface area contributed by atoms with Crippen LogP contribution in [-0.4, -0.2) is 17.1 Å². The maximum absolute atomic E-state index is 5.80. The first-order chi connectivity index (χ1) is 9.51. The van der Waals surface area contributed by atoms with Gasteiger partial charge >= 0.3 is 0 Å². The van der Waals surface area contributed by atoms with Crippen LogP contribution in [0, 0.1) is 13.8 Å². The predicted octanol–water partition coefficient (Wildman–Crippen LogP) is 3.08. The van der Waals surface area contributed by atoms with Crippen LogP contribution in [0.3, 0.4) is 0 Å². The lowest BCUT2D eigenvalue weighted by atomic mass is 10.1. The van der Waals surface area contributed by atoms with Gasteiger partial charge in [0.25, 0.3) is 0 Å². The van der Waals surface area contributed by atoms with Crippen LogP contribution in [0.1, 0.15) is 16.8 Å². The van der Waals surface area contributed by atoms with Crippen molar-refractivity contribution < 1.29 is 4.74 Å². The molecule has 4 nitrogen and oxygen atoms in total. The molecule has 0 radical (unpaired) electrons. The van der Waals surface area contributed by atoms with Gasteiger partial charge in [0, 0.05) is 11.4 Å². The standard InChI is InChI=1S/C15H17N3OS/c1-9-8-10(2)17-15(13(9)14(16)20)18-11-4-6-12(19-3)7-5-11/h4-8H,1-3H3,(H2,16,20)(H,17,18). The van der Waals surface area contributed by atoms with Gasteiger partial charge in [-0.15, -0.1) is 0 Å². The van der Waals surface area contributed by atoms with Crippen LogP contribution in [0.5, 0.6) is 5.75 Å². The van der Waals surface area contributed by atoms with Gasteiger partial charge in [-0.2, -0.15) is 0 Å². The maximum atomic E-state index is 5.80. The van der Waals surface area contributed by atoms with E-state index in [0.717, 1.165) is 28.3 Å². The van der Waals surface area contributed by atoms with Crippen LogP contribution in [0.25, 0.3) is 0 Å². The van der Waals surface area contributed by atoms with E-state index in [4.69, 9.17) is 22.7 Å². The molecule has 0 amide bonds. The Bertz CT molecular complexity index is 638. The second-order valence-corrected chi connectivity index (χ2v) is 4.96. The van der Waals surface area contributed by atoms with Gasteiger partial charge in [0.05, 0.1) is 12.7 Å². The van der Waals surface area contributed by atoms with Gasteiger partial charge in [0.1, 0.15) is 16.6 Å². The lowest BCUT2D eigenvalue weighted by molar-refractivity contribution is 0.415. The smallest absolute Gasteiger partial charge is 0.141 e. The number of hydrogen-bond acceptors (Lipinski definition) is 4. The van der Waals surface area contributed by atoms with Crippen molar-refractivity contribution in [2.24, 2.45) is 5.73 Å². The monoisotopic (exact) mass is 287 g/mol. The third-order valence-electron chi connectivity index (χ3n) is 2.94. The number of anilines is 2. The van der Waals surface area contributed by atoms with E-state index in [1.54, 1.807) is 7.11 Å². The summed E-state index contributed by atoms with van der Waals surface area (Å²) < 4.78 is 5.14. The zero-order chi connectivity index (χ0) is 14.7. The van der Waals surface area contributed by atoms with Crippen molar-refractivity contribution in [3.63, 3.8) is 0 Å². The fourth-order valence-corrected chi connectivity index (χ4v) is 2.31. The third-order valence-corrected chi connectivity index (χ3v) is 3.15. The van der Waals surface area contributed by atoms with Crippen molar-refractivity contribution in [3.8, 4) is 5.75 Å². The summed E-state index contributed by atoms with van der Waals surface area (Å²) in [5, 5.41) is 3.25. The molecule has 1 heterocycles. The SMILES string of the molecule is COc1ccc(Nc2nc(C)cc(C)c2C(N)=S)cc1. The Morgan fingerprint density at radius 3 is 2.45 bits per heavy atom. The molecule has 1 aromatic heterocycles. The zero-order valence-corrected chi connectivity index (χ0v) is 12.5. The number of aromatic nitrogens is 1. The molecular weight excluding hydrogens is 270 g/mol.